The van der Waals surface area contributed by atoms with Gasteiger partial charge in [0.15, 0.2) is 8.32 Å². The van der Waals surface area contributed by atoms with Crippen molar-refractivity contribution in [1.82, 2.24) is 0 Å². The van der Waals surface area contributed by atoms with Crippen LogP contribution in [-0.4, -0.2) is 14.4 Å². The van der Waals surface area contributed by atoms with Crippen LogP contribution in [0, 0.1) is 5.92 Å². The minimum absolute atomic E-state index is 0.356. The Bertz CT molecular complexity index is 193. The van der Waals surface area contributed by atoms with Crippen molar-refractivity contribution in [2.45, 2.75) is 71.2 Å². The summed E-state index contributed by atoms with van der Waals surface area (Å²) in [6.07, 6.45) is 4.56. The van der Waals surface area contributed by atoms with E-state index >= 15 is 0 Å². The average Bonchev–Trinajstić information content (AvgIpc) is 2.33. The van der Waals surface area contributed by atoms with Gasteiger partial charge in [0.2, 0.25) is 0 Å². The summed E-state index contributed by atoms with van der Waals surface area (Å²) in [5, 5.41) is 0.356. The van der Waals surface area contributed by atoms with E-state index in [0.29, 0.717) is 11.1 Å². The Kier molecular flexibility index (Phi) is 3.48. The van der Waals surface area contributed by atoms with Gasteiger partial charge in [0.05, 0.1) is 0 Å². The highest BCUT2D eigenvalue weighted by Crippen LogP contribution is 2.40. The molecule has 1 fully saturated rings. The monoisotopic (exact) mass is 214 g/mol. The highest BCUT2D eigenvalue weighted by atomic mass is 28.4. The maximum Gasteiger partial charge on any atom is 0.192 e. The fourth-order valence-corrected chi connectivity index (χ4v) is 3.30. The number of hydrogen-bond donors (Lipinski definition) is 0. The Balaban J connectivity index is 2.58. The van der Waals surface area contributed by atoms with Crippen molar-refractivity contribution >= 4 is 8.32 Å². The molecular formula is C12H26OSi. The van der Waals surface area contributed by atoms with Crippen molar-refractivity contribution < 1.29 is 4.43 Å². The van der Waals surface area contributed by atoms with Crippen molar-refractivity contribution in [3.05, 3.63) is 0 Å². The zero-order valence-electron chi connectivity index (χ0n) is 10.7. The van der Waals surface area contributed by atoms with Gasteiger partial charge in [-0.05, 0) is 36.9 Å². The van der Waals surface area contributed by atoms with Crippen LogP contribution in [0.3, 0.4) is 0 Å². The quantitative estimate of drug-likeness (QED) is 0.626. The predicted octanol–water partition coefficient (Wildman–Crippen LogP) is 4.20. The molecule has 0 unspecified atom stereocenters. The molecule has 0 heterocycles. The second-order valence-electron chi connectivity index (χ2n) is 6.32. The standard InChI is InChI=1S/C12H26OSi/c1-10-8-7-9-11(10)13-14(5,6)12(2,3)4/h10-11H,7-9H2,1-6H3/t10-,11+/m1/s1. The lowest BCUT2D eigenvalue weighted by molar-refractivity contribution is 0.149. The number of hydrogen-bond acceptors (Lipinski definition) is 1. The van der Waals surface area contributed by atoms with Crippen molar-refractivity contribution in [1.29, 1.82) is 0 Å². The number of rotatable bonds is 2. The largest absolute Gasteiger partial charge is 0.414 e. The van der Waals surface area contributed by atoms with Crippen LogP contribution in [0.15, 0.2) is 0 Å². The molecule has 1 nitrogen and oxygen atoms in total. The van der Waals surface area contributed by atoms with E-state index in [0.717, 1.165) is 5.92 Å². The average molecular weight is 214 g/mol. The first-order chi connectivity index (χ1) is 6.24. The van der Waals surface area contributed by atoms with Crippen LogP contribution in [0.2, 0.25) is 18.1 Å². The van der Waals surface area contributed by atoms with E-state index in [2.05, 4.69) is 40.8 Å². The minimum Gasteiger partial charge on any atom is -0.414 e. The van der Waals surface area contributed by atoms with Crippen molar-refractivity contribution in [2.75, 3.05) is 0 Å². The van der Waals surface area contributed by atoms with Crippen LogP contribution in [0.1, 0.15) is 47.0 Å². The summed E-state index contributed by atoms with van der Waals surface area (Å²) in [6.45, 7) is 14.0. The molecule has 14 heavy (non-hydrogen) atoms. The van der Waals surface area contributed by atoms with Crippen LogP contribution in [0.5, 0.6) is 0 Å². The third kappa shape index (κ3) is 2.60. The summed E-state index contributed by atoms with van der Waals surface area (Å²) < 4.78 is 6.41. The smallest absolute Gasteiger partial charge is 0.192 e. The van der Waals surface area contributed by atoms with Crippen LogP contribution in [-0.2, 0) is 4.43 Å². The Morgan fingerprint density at radius 3 is 2.07 bits per heavy atom. The van der Waals surface area contributed by atoms with Crippen LogP contribution in [0.25, 0.3) is 0 Å². The van der Waals surface area contributed by atoms with Gasteiger partial charge in [-0.1, -0.05) is 34.1 Å². The van der Waals surface area contributed by atoms with Gasteiger partial charge < -0.3 is 4.43 Å². The van der Waals surface area contributed by atoms with Gasteiger partial charge in [0.1, 0.15) is 0 Å². The van der Waals surface area contributed by atoms with E-state index in [1.165, 1.54) is 19.3 Å². The molecule has 0 spiro atoms. The maximum absolute atomic E-state index is 6.41. The van der Waals surface area contributed by atoms with Gasteiger partial charge in [-0.3, -0.25) is 0 Å². The van der Waals surface area contributed by atoms with E-state index in [9.17, 15) is 0 Å². The van der Waals surface area contributed by atoms with Crippen molar-refractivity contribution in [3.8, 4) is 0 Å². The van der Waals surface area contributed by atoms with Gasteiger partial charge >= 0.3 is 0 Å². The van der Waals surface area contributed by atoms with Gasteiger partial charge in [-0.25, -0.2) is 0 Å². The Labute approximate surface area is 90.4 Å². The minimum atomic E-state index is -1.51. The lowest BCUT2D eigenvalue weighted by atomic mass is 10.1. The molecule has 1 aliphatic rings. The molecule has 0 saturated heterocycles. The highest BCUT2D eigenvalue weighted by molar-refractivity contribution is 6.74. The summed E-state index contributed by atoms with van der Waals surface area (Å²) in [5.74, 6) is 0.782. The summed E-state index contributed by atoms with van der Waals surface area (Å²) in [5.41, 5.74) is 0. The van der Waals surface area contributed by atoms with Crippen molar-refractivity contribution in [2.24, 2.45) is 5.92 Å². The summed E-state index contributed by atoms with van der Waals surface area (Å²) >= 11 is 0. The molecule has 0 aromatic rings. The van der Waals surface area contributed by atoms with E-state index in [4.69, 9.17) is 4.43 Å². The Morgan fingerprint density at radius 2 is 1.71 bits per heavy atom. The Hall–Kier alpha value is 0.177. The van der Waals surface area contributed by atoms with Crippen LogP contribution in [0.4, 0.5) is 0 Å². The molecule has 1 aliphatic carbocycles. The van der Waals surface area contributed by atoms with Gasteiger partial charge in [0.25, 0.3) is 0 Å². The third-order valence-corrected chi connectivity index (χ3v) is 8.54. The molecule has 84 valence electrons. The van der Waals surface area contributed by atoms with Crippen LogP contribution < -0.4 is 0 Å². The summed E-state index contributed by atoms with van der Waals surface area (Å²) in [7, 11) is -1.51. The van der Waals surface area contributed by atoms with Crippen molar-refractivity contribution in [3.63, 3.8) is 0 Å². The van der Waals surface area contributed by atoms with E-state index in [1.807, 2.05) is 0 Å². The zero-order chi connectivity index (χ0) is 11.0. The topological polar surface area (TPSA) is 9.23 Å². The molecule has 0 N–H and O–H groups in total. The molecule has 1 saturated carbocycles. The maximum atomic E-state index is 6.41. The third-order valence-electron chi connectivity index (χ3n) is 4.03. The zero-order valence-corrected chi connectivity index (χ0v) is 11.7. The molecule has 0 radical (unpaired) electrons. The van der Waals surface area contributed by atoms with Gasteiger partial charge in [0, 0.05) is 6.10 Å². The molecular weight excluding hydrogens is 188 g/mol. The first kappa shape index (κ1) is 12.2. The Morgan fingerprint density at radius 1 is 1.14 bits per heavy atom. The SMILES string of the molecule is C[C@@H]1CCC[C@@H]1O[Si](C)(C)C(C)(C)C. The fourth-order valence-electron chi connectivity index (χ4n) is 1.84. The normalized spacial score (nSPS) is 29.6. The molecule has 0 aromatic carbocycles. The predicted molar refractivity (Wildman–Crippen MR) is 65.1 cm³/mol. The highest BCUT2D eigenvalue weighted by Gasteiger charge is 2.40. The first-order valence-electron chi connectivity index (χ1n) is 5.92. The fraction of sp³-hybridized carbons (Fsp3) is 1.00. The lowest BCUT2D eigenvalue weighted by Gasteiger charge is -2.39. The molecule has 0 amide bonds. The molecule has 0 bridgehead atoms. The van der Waals surface area contributed by atoms with Gasteiger partial charge in [-0.2, -0.15) is 0 Å². The summed E-state index contributed by atoms with van der Waals surface area (Å²) in [4.78, 5) is 0. The molecule has 2 atom stereocenters. The molecule has 1 rings (SSSR count). The molecule has 0 aliphatic heterocycles. The second-order valence-corrected chi connectivity index (χ2v) is 11.1. The first-order valence-corrected chi connectivity index (χ1v) is 8.83. The van der Waals surface area contributed by atoms with Crippen LogP contribution >= 0.6 is 0 Å². The summed E-state index contributed by atoms with van der Waals surface area (Å²) in [6, 6.07) is 0. The second kappa shape index (κ2) is 3.97. The lowest BCUT2D eigenvalue weighted by Crippen LogP contribution is -2.44. The molecule has 2 heteroatoms. The van der Waals surface area contributed by atoms with E-state index < -0.39 is 8.32 Å². The van der Waals surface area contributed by atoms with Gasteiger partial charge in [-0.15, -0.1) is 0 Å². The molecule has 0 aromatic heterocycles. The van der Waals surface area contributed by atoms with E-state index in [1.54, 1.807) is 0 Å². The van der Waals surface area contributed by atoms with E-state index in [-0.39, 0.29) is 0 Å².